The maximum Gasteiger partial charge on any atom is 0.316 e. The van der Waals surface area contributed by atoms with E-state index in [4.69, 9.17) is 9.47 Å². The van der Waals surface area contributed by atoms with E-state index in [1.807, 2.05) is 0 Å². The topological polar surface area (TPSA) is 113 Å². The Balaban J connectivity index is 1.86. The molecule has 3 N–H and O–H groups in total. The Bertz CT molecular complexity index is 1160. The fraction of sp³-hybridized carbons (Fsp3) is 0.143. The largest absolute Gasteiger partial charge is 0.505 e. The van der Waals surface area contributed by atoms with E-state index >= 15 is 0 Å². The molecule has 5 rings (SSSR count). The standard InChI is InChI=1S/C21H12F2O7/c22-12-4-10-16(6-14(12)24)29-17-7-15(25)13(23)5-11(17)21(10)9-3-1-2-8(19(26)27)18(9)20(28)30-21/h1-8,18,24-25H,(H,26,27). The molecule has 2 heterocycles. The van der Waals surface area contributed by atoms with Gasteiger partial charge in [-0.2, -0.15) is 0 Å². The van der Waals surface area contributed by atoms with Gasteiger partial charge in [-0.3, -0.25) is 9.59 Å². The van der Waals surface area contributed by atoms with Gasteiger partial charge in [-0.05, 0) is 17.7 Å². The highest BCUT2D eigenvalue weighted by atomic mass is 19.1. The maximum atomic E-state index is 14.3. The molecular weight excluding hydrogens is 402 g/mol. The van der Waals surface area contributed by atoms with Crippen molar-refractivity contribution < 1.29 is 43.2 Å². The zero-order valence-corrected chi connectivity index (χ0v) is 14.9. The second-order valence-corrected chi connectivity index (χ2v) is 7.15. The Morgan fingerprint density at radius 3 is 2.10 bits per heavy atom. The number of esters is 1. The first-order valence-corrected chi connectivity index (χ1v) is 8.82. The minimum absolute atomic E-state index is 0.0445. The highest BCUT2D eigenvalue weighted by Crippen LogP contribution is 2.60. The normalized spacial score (nSPS) is 22.5. The summed E-state index contributed by atoms with van der Waals surface area (Å²) in [6.45, 7) is 0. The Labute approximate surface area is 167 Å². The third kappa shape index (κ3) is 2.17. The number of carbonyl (C=O) groups excluding carboxylic acids is 1. The number of rotatable bonds is 1. The van der Waals surface area contributed by atoms with Gasteiger partial charge in [0.1, 0.15) is 11.5 Å². The number of allylic oxidation sites excluding steroid dienone is 2. The van der Waals surface area contributed by atoms with Crippen molar-refractivity contribution in [2.75, 3.05) is 0 Å². The number of carbonyl (C=O) groups is 2. The van der Waals surface area contributed by atoms with E-state index in [0.29, 0.717) is 0 Å². The molecule has 0 saturated carbocycles. The zero-order chi connectivity index (χ0) is 21.4. The Morgan fingerprint density at radius 2 is 1.57 bits per heavy atom. The van der Waals surface area contributed by atoms with E-state index in [1.165, 1.54) is 18.2 Å². The lowest BCUT2D eigenvalue weighted by atomic mass is 9.70. The number of carboxylic acids is 1. The van der Waals surface area contributed by atoms with Crippen LogP contribution in [0.3, 0.4) is 0 Å². The Hall–Kier alpha value is -3.88. The number of hydrogen-bond acceptors (Lipinski definition) is 6. The van der Waals surface area contributed by atoms with Crippen LogP contribution in [0.5, 0.6) is 23.0 Å². The van der Waals surface area contributed by atoms with Crippen LogP contribution in [-0.2, 0) is 19.9 Å². The highest BCUT2D eigenvalue weighted by Gasteiger charge is 2.61. The van der Waals surface area contributed by atoms with E-state index in [1.54, 1.807) is 0 Å². The van der Waals surface area contributed by atoms with Gasteiger partial charge in [0.15, 0.2) is 28.7 Å². The van der Waals surface area contributed by atoms with Crippen LogP contribution in [-0.4, -0.2) is 27.3 Å². The minimum Gasteiger partial charge on any atom is -0.505 e. The van der Waals surface area contributed by atoms with Gasteiger partial charge in [-0.15, -0.1) is 0 Å². The predicted octanol–water partition coefficient (Wildman–Crippen LogP) is 3.10. The van der Waals surface area contributed by atoms with Crippen molar-refractivity contribution in [1.29, 1.82) is 0 Å². The Morgan fingerprint density at radius 1 is 1.00 bits per heavy atom. The summed E-state index contributed by atoms with van der Waals surface area (Å²) in [6.07, 6.45) is 4.22. The summed E-state index contributed by atoms with van der Waals surface area (Å²) < 4.78 is 39.9. The molecule has 2 aromatic carbocycles. The molecule has 0 aromatic heterocycles. The fourth-order valence-electron chi connectivity index (χ4n) is 4.28. The SMILES string of the molecule is O=C(O)C1C=CC=C2C1C(=O)OC21c2cc(F)c(O)cc2Oc2cc(O)c(F)cc21. The number of carboxylic acid groups (broad SMARTS) is 1. The minimum atomic E-state index is -1.90. The monoisotopic (exact) mass is 414 g/mol. The van der Waals surface area contributed by atoms with E-state index in [-0.39, 0.29) is 28.2 Å². The summed E-state index contributed by atoms with van der Waals surface area (Å²) in [5.41, 5.74) is -1.83. The molecule has 30 heavy (non-hydrogen) atoms. The van der Waals surface area contributed by atoms with Crippen LogP contribution in [0.2, 0.25) is 0 Å². The summed E-state index contributed by atoms with van der Waals surface area (Å²) in [5, 5.41) is 29.1. The summed E-state index contributed by atoms with van der Waals surface area (Å²) in [6, 6.07) is 3.71. The van der Waals surface area contributed by atoms with Crippen molar-refractivity contribution >= 4 is 11.9 Å². The first-order chi connectivity index (χ1) is 14.2. The van der Waals surface area contributed by atoms with Crippen LogP contribution < -0.4 is 4.74 Å². The van der Waals surface area contributed by atoms with Gasteiger partial charge in [-0.25, -0.2) is 8.78 Å². The number of phenols is 2. The first-order valence-electron chi connectivity index (χ1n) is 8.82. The zero-order valence-electron chi connectivity index (χ0n) is 14.9. The average Bonchev–Trinajstić information content (AvgIpc) is 2.99. The fourth-order valence-corrected chi connectivity index (χ4v) is 4.28. The van der Waals surface area contributed by atoms with E-state index in [0.717, 1.165) is 24.3 Å². The number of benzene rings is 2. The summed E-state index contributed by atoms with van der Waals surface area (Å²) in [4.78, 5) is 24.5. The lowest BCUT2D eigenvalue weighted by Crippen LogP contribution is -2.35. The molecule has 1 fully saturated rings. The van der Waals surface area contributed by atoms with Crippen LogP contribution >= 0.6 is 0 Å². The molecule has 1 aliphatic carbocycles. The second kappa shape index (κ2) is 5.82. The molecule has 1 saturated heterocycles. The summed E-state index contributed by atoms with van der Waals surface area (Å²) in [5.74, 6) is -8.37. The third-order valence-electron chi connectivity index (χ3n) is 5.56. The number of halogens is 2. The average molecular weight is 414 g/mol. The molecule has 0 bridgehead atoms. The smallest absolute Gasteiger partial charge is 0.316 e. The van der Waals surface area contributed by atoms with Gasteiger partial charge in [0.05, 0.1) is 23.0 Å². The molecule has 0 amide bonds. The van der Waals surface area contributed by atoms with E-state index in [9.17, 15) is 33.7 Å². The molecule has 2 atom stereocenters. The summed E-state index contributed by atoms with van der Waals surface area (Å²) >= 11 is 0. The van der Waals surface area contributed by atoms with Gasteiger partial charge in [-0.1, -0.05) is 18.2 Å². The number of hydrogen-bond donors (Lipinski definition) is 3. The third-order valence-corrected chi connectivity index (χ3v) is 5.56. The molecule has 9 heteroatoms. The predicted molar refractivity (Wildman–Crippen MR) is 94.9 cm³/mol. The lowest BCUT2D eigenvalue weighted by molar-refractivity contribution is -0.153. The van der Waals surface area contributed by atoms with Crippen molar-refractivity contribution in [3.8, 4) is 23.0 Å². The van der Waals surface area contributed by atoms with Gasteiger partial charge in [0.25, 0.3) is 0 Å². The summed E-state index contributed by atoms with van der Waals surface area (Å²) in [7, 11) is 0. The number of fused-ring (bicyclic) bond motifs is 6. The van der Waals surface area contributed by atoms with Gasteiger partial charge < -0.3 is 24.8 Å². The van der Waals surface area contributed by atoms with Crippen LogP contribution in [0.4, 0.5) is 8.78 Å². The van der Waals surface area contributed by atoms with Crippen LogP contribution in [0.25, 0.3) is 0 Å². The molecule has 7 nitrogen and oxygen atoms in total. The molecule has 2 aliphatic heterocycles. The maximum absolute atomic E-state index is 14.3. The van der Waals surface area contributed by atoms with Gasteiger partial charge in [0.2, 0.25) is 0 Å². The van der Waals surface area contributed by atoms with Crippen molar-refractivity contribution in [3.05, 3.63) is 70.8 Å². The molecule has 152 valence electrons. The van der Waals surface area contributed by atoms with Crippen molar-refractivity contribution in [2.24, 2.45) is 11.8 Å². The van der Waals surface area contributed by atoms with E-state index in [2.05, 4.69) is 0 Å². The van der Waals surface area contributed by atoms with Gasteiger partial charge in [0, 0.05) is 12.1 Å². The van der Waals surface area contributed by atoms with Crippen LogP contribution in [0.15, 0.2) is 48.1 Å². The molecule has 3 aliphatic rings. The molecule has 0 radical (unpaired) electrons. The van der Waals surface area contributed by atoms with Gasteiger partial charge >= 0.3 is 11.9 Å². The van der Waals surface area contributed by atoms with Crippen LogP contribution in [0.1, 0.15) is 11.1 Å². The molecule has 2 unspecified atom stereocenters. The quantitative estimate of drug-likeness (QED) is 0.615. The highest BCUT2D eigenvalue weighted by molar-refractivity contribution is 5.91. The van der Waals surface area contributed by atoms with E-state index < -0.39 is 52.5 Å². The van der Waals surface area contributed by atoms with Crippen molar-refractivity contribution in [1.82, 2.24) is 0 Å². The van der Waals surface area contributed by atoms with Crippen molar-refractivity contribution in [3.63, 3.8) is 0 Å². The number of phenolic OH excluding ortho intramolecular Hbond substituents is 2. The van der Waals surface area contributed by atoms with Crippen LogP contribution in [0, 0.1) is 23.5 Å². The number of ether oxygens (including phenoxy) is 2. The number of aliphatic carboxylic acids is 1. The molecule has 2 aromatic rings. The molecule has 1 spiro atoms. The first kappa shape index (κ1) is 18.2. The second-order valence-electron chi connectivity index (χ2n) is 7.15. The lowest BCUT2D eigenvalue weighted by Gasteiger charge is -2.37. The Kier molecular flexibility index (Phi) is 3.52. The number of aromatic hydroxyl groups is 2. The van der Waals surface area contributed by atoms with Crippen molar-refractivity contribution in [2.45, 2.75) is 5.60 Å². The molecular formula is C21H12F2O7.